The molecular formula is C9H14O4. The molecule has 0 bridgehead atoms. The van der Waals surface area contributed by atoms with Crippen molar-refractivity contribution < 1.29 is 19.4 Å². The number of rotatable bonds is 6. The molecule has 13 heavy (non-hydrogen) atoms. The Morgan fingerprint density at radius 2 is 2.23 bits per heavy atom. The van der Waals surface area contributed by atoms with Gasteiger partial charge in [0.2, 0.25) is 0 Å². The molecule has 1 atom stereocenters. The van der Waals surface area contributed by atoms with Crippen LogP contribution in [-0.4, -0.2) is 23.1 Å². The second-order valence-electron chi connectivity index (χ2n) is 2.61. The Balaban J connectivity index is 4.01. The quantitative estimate of drug-likeness (QED) is 0.502. The maximum atomic E-state index is 10.7. The Bertz CT molecular complexity index is 198. The SMILES string of the molecule is C=CC(=O)OC(CCCC)C(=O)O. The second kappa shape index (κ2) is 6.22. The van der Waals surface area contributed by atoms with Crippen molar-refractivity contribution >= 4 is 11.9 Å². The van der Waals surface area contributed by atoms with Gasteiger partial charge in [0.25, 0.3) is 0 Å². The zero-order valence-corrected chi connectivity index (χ0v) is 7.66. The summed E-state index contributed by atoms with van der Waals surface area (Å²) in [5.74, 6) is -1.80. The normalized spacial score (nSPS) is 11.8. The standard InChI is InChI=1S/C9H14O4/c1-3-5-6-7(9(11)12)13-8(10)4-2/h4,7H,2-3,5-6H2,1H3,(H,11,12). The molecule has 0 amide bonds. The summed E-state index contributed by atoms with van der Waals surface area (Å²) in [7, 11) is 0. The number of ether oxygens (including phenoxy) is 1. The minimum absolute atomic E-state index is 0.353. The van der Waals surface area contributed by atoms with Gasteiger partial charge in [0.15, 0.2) is 6.10 Å². The minimum Gasteiger partial charge on any atom is -0.479 e. The van der Waals surface area contributed by atoms with Crippen molar-refractivity contribution in [2.45, 2.75) is 32.3 Å². The minimum atomic E-state index is -1.11. The number of esters is 1. The summed E-state index contributed by atoms with van der Waals surface area (Å²) in [6.45, 7) is 5.12. The van der Waals surface area contributed by atoms with Crippen LogP contribution in [0, 0.1) is 0 Å². The lowest BCUT2D eigenvalue weighted by Crippen LogP contribution is -2.26. The molecule has 0 rings (SSSR count). The first-order valence-electron chi connectivity index (χ1n) is 4.17. The first-order valence-corrected chi connectivity index (χ1v) is 4.17. The summed E-state index contributed by atoms with van der Waals surface area (Å²) in [6, 6.07) is 0. The monoisotopic (exact) mass is 186 g/mol. The molecule has 0 aromatic heterocycles. The number of aliphatic carboxylic acids is 1. The molecule has 1 N–H and O–H groups in total. The summed E-state index contributed by atoms with van der Waals surface area (Å²) in [5, 5.41) is 8.63. The van der Waals surface area contributed by atoms with Crippen LogP contribution in [-0.2, 0) is 14.3 Å². The van der Waals surface area contributed by atoms with Crippen molar-refractivity contribution in [3.63, 3.8) is 0 Å². The third kappa shape index (κ3) is 5.00. The highest BCUT2D eigenvalue weighted by molar-refractivity contribution is 5.84. The van der Waals surface area contributed by atoms with Gasteiger partial charge < -0.3 is 9.84 Å². The van der Waals surface area contributed by atoms with E-state index in [2.05, 4.69) is 11.3 Å². The van der Waals surface area contributed by atoms with Gasteiger partial charge in [0.1, 0.15) is 0 Å². The van der Waals surface area contributed by atoms with E-state index in [4.69, 9.17) is 5.11 Å². The van der Waals surface area contributed by atoms with Crippen LogP contribution in [0.3, 0.4) is 0 Å². The fraction of sp³-hybridized carbons (Fsp3) is 0.556. The summed E-state index contributed by atoms with van der Waals surface area (Å²) >= 11 is 0. The van der Waals surface area contributed by atoms with Crippen LogP contribution in [0.5, 0.6) is 0 Å². The van der Waals surface area contributed by atoms with Gasteiger partial charge in [-0.1, -0.05) is 19.9 Å². The van der Waals surface area contributed by atoms with Crippen LogP contribution in [0.25, 0.3) is 0 Å². The highest BCUT2D eigenvalue weighted by atomic mass is 16.6. The summed E-state index contributed by atoms with van der Waals surface area (Å²) in [4.78, 5) is 21.2. The highest BCUT2D eigenvalue weighted by Crippen LogP contribution is 2.05. The zero-order chi connectivity index (χ0) is 10.3. The van der Waals surface area contributed by atoms with Crippen molar-refractivity contribution in [2.75, 3.05) is 0 Å². The lowest BCUT2D eigenvalue weighted by atomic mass is 10.1. The third-order valence-electron chi connectivity index (χ3n) is 1.52. The lowest BCUT2D eigenvalue weighted by Gasteiger charge is -2.11. The molecule has 0 spiro atoms. The topological polar surface area (TPSA) is 63.6 Å². The zero-order valence-electron chi connectivity index (χ0n) is 7.66. The second-order valence-corrected chi connectivity index (χ2v) is 2.61. The maximum absolute atomic E-state index is 10.7. The summed E-state index contributed by atoms with van der Waals surface area (Å²) in [6.07, 6.45) is 1.87. The number of hydrogen-bond acceptors (Lipinski definition) is 3. The average molecular weight is 186 g/mol. The number of carbonyl (C=O) groups is 2. The first-order chi connectivity index (χ1) is 6.11. The molecule has 0 saturated carbocycles. The van der Waals surface area contributed by atoms with Crippen LogP contribution in [0.15, 0.2) is 12.7 Å². The smallest absolute Gasteiger partial charge is 0.345 e. The molecule has 0 saturated heterocycles. The van der Waals surface area contributed by atoms with E-state index >= 15 is 0 Å². The van der Waals surface area contributed by atoms with E-state index in [9.17, 15) is 9.59 Å². The van der Waals surface area contributed by atoms with Crippen molar-refractivity contribution in [3.05, 3.63) is 12.7 Å². The lowest BCUT2D eigenvalue weighted by molar-refractivity contribution is -0.161. The molecule has 74 valence electrons. The summed E-state index contributed by atoms with van der Waals surface area (Å²) < 4.78 is 4.61. The number of unbranched alkanes of at least 4 members (excludes halogenated alkanes) is 1. The Hall–Kier alpha value is -1.32. The molecular weight excluding hydrogens is 172 g/mol. The molecule has 0 heterocycles. The highest BCUT2D eigenvalue weighted by Gasteiger charge is 2.19. The van der Waals surface area contributed by atoms with Gasteiger partial charge >= 0.3 is 11.9 Å². The van der Waals surface area contributed by atoms with Crippen molar-refractivity contribution in [1.29, 1.82) is 0 Å². The maximum Gasteiger partial charge on any atom is 0.345 e. The van der Waals surface area contributed by atoms with Crippen molar-refractivity contribution in [1.82, 2.24) is 0 Å². The molecule has 4 heteroatoms. The van der Waals surface area contributed by atoms with Gasteiger partial charge in [-0.15, -0.1) is 0 Å². The molecule has 4 nitrogen and oxygen atoms in total. The van der Waals surface area contributed by atoms with Gasteiger partial charge in [-0.2, -0.15) is 0 Å². The number of carbonyl (C=O) groups excluding carboxylic acids is 1. The van der Waals surface area contributed by atoms with E-state index in [1.54, 1.807) is 0 Å². The average Bonchev–Trinajstić information content (AvgIpc) is 2.11. The van der Waals surface area contributed by atoms with E-state index in [1.165, 1.54) is 0 Å². The molecule has 0 aliphatic rings. The molecule has 0 aromatic rings. The predicted octanol–water partition coefficient (Wildman–Crippen LogP) is 1.36. The molecule has 0 aromatic carbocycles. The largest absolute Gasteiger partial charge is 0.479 e. The predicted molar refractivity (Wildman–Crippen MR) is 47.2 cm³/mol. The van der Waals surface area contributed by atoms with Gasteiger partial charge in [-0.3, -0.25) is 0 Å². The van der Waals surface area contributed by atoms with Gasteiger partial charge in [-0.05, 0) is 12.8 Å². The first kappa shape index (κ1) is 11.7. The van der Waals surface area contributed by atoms with Crippen LogP contribution >= 0.6 is 0 Å². The number of carboxylic acid groups (broad SMARTS) is 1. The fourth-order valence-electron chi connectivity index (χ4n) is 0.811. The molecule has 0 radical (unpaired) electrons. The number of carboxylic acids is 1. The van der Waals surface area contributed by atoms with Gasteiger partial charge in [-0.25, -0.2) is 9.59 Å². The Morgan fingerprint density at radius 1 is 1.62 bits per heavy atom. The molecule has 0 aliphatic heterocycles. The van der Waals surface area contributed by atoms with Gasteiger partial charge in [0, 0.05) is 6.08 Å². The van der Waals surface area contributed by atoms with Crippen LogP contribution in [0.2, 0.25) is 0 Å². The molecule has 0 aliphatic carbocycles. The Labute approximate surface area is 77.2 Å². The Kier molecular flexibility index (Phi) is 5.59. The van der Waals surface area contributed by atoms with E-state index < -0.39 is 18.0 Å². The van der Waals surface area contributed by atoms with Crippen LogP contribution < -0.4 is 0 Å². The Morgan fingerprint density at radius 3 is 2.62 bits per heavy atom. The van der Waals surface area contributed by atoms with Crippen molar-refractivity contribution in [2.24, 2.45) is 0 Å². The van der Waals surface area contributed by atoms with E-state index in [0.29, 0.717) is 6.42 Å². The molecule has 0 fully saturated rings. The molecule has 1 unspecified atom stereocenters. The van der Waals surface area contributed by atoms with E-state index in [-0.39, 0.29) is 0 Å². The fourth-order valence-corrected chi connectivity index (χ4v) is 0.811. The van der Waals surface area contributed by atoms with Crippen molar-refractivity contribution in [3.8, 4) is 0 Å². The summed E-state index contributed by atoms with van der Waals surface area (Å²) in [5.41, 5.74) is 0. The van der Waals surface area contributed by atoms with Crippen LogP contribution in [0.1, 0.15) is 26.2 Å². The third-order valence-corrected chi connectivity index (χ3v) is 1.52. The van der Waals surface area contributed by atoms with Crippen LogP contribution in [0.4, 0.5) is 0 Å². The number of hydrogen-bond donors (Lipinski definition) is 1. The van der Waals surface area contributed by atoms with E-state index in [0.717, 1.165) is 18.9 Å². The van der Waals surface area contributed by atoms with E-state index in [1.807, 2.05) is 6.92 Å². The van der Waals surface area contributed by atoms with Gasteiger partial charge in [0.05, 0.1) is 0 Å².